The first kappa shape index (κ1) is 16.8. The lowest BCUT2D eigenvalue weighted by Crippen LogP contribution is -2.31. The van der Waals surface area contributed by atoms with Crippen LogP contribution >= 0.6 is 35.3 Å². The van der Waals surface area contributed by atoms with E-state index in [4.69, 9.17) is 11.6 Å². The largest absolute Gasteiger partial charge is 0.337 e. The zero-order chi connectivity index (χ0) is 15.1. The lowest BCUT2D eigenvalue weighted by molar-refractivity contribution is 0.0786. The highest BCUT2D eigenvalue weighted by atomic mass is 35.5. The number of fused-ring (bicyclic) bond motifs is 1. The standard InChI is InChI=1S/C17H17ClN2OS.ClH/c18-14-3-1-11(2-4-14)15-5-6-16(22-15)17(21)20-9-12-7-19-8-13(12)10-20;/h1-6,12-13,19H,7-10H2;1H/t12-,13+;. The van der Waals surface area contributed by atoms with Crippen LogP contribution in [0.15, 0.2) is 36.4 Å². The van der Waals surface area contributed by atoms with Gasteiger partial charge in [-0.25, -0.2) is 0 Å². The smallest absolute Gasteiger partial charge is 0.263 e. The third-order valence-corrected chi connectivity index (χ3v) is 6.00. The quantitative estimate of drug-likeness (QED) is 0.874. The molecule has 1 N–H and O–H groups in total. The van der Waals surface area contributed by atoms with Crippen molar-refractivity contribution in [2.45, 2.75) is 0 Å². The fourth-order valence-corrected chi connectivity index (χ4v) is 4.50. The van der Waals surface area contributed by atoms with Crippen molar-refractivity contribution in [2.75, 3.05) is 26.2 Å². The van der Waals surface area contributed by atoms with Crippen LogP contribution in [0.1, 0.15) is 9.67 Å². The number of carbonyl (C=O) groups excluding carboxylic acids is 1. The number of nitrogens with zero attached hydrogens (tertiary/aromatic N) is 1. The molecule has 23 heavy (non-hydrogen) atoms. The van der Waals surface area contributed by atoms with Crippen LogP contribution < -0.4 is 5.32 Å². The summed E-state index contributed by atoms with van der Waals surface area (Å²) in [7, 11) is 0. The third kappa shape index (κ3) is 3.26. The van der Waals surface area contributed by atoms with Gasteiger partial charge in [0.05, 0.1) is 4.88 Å². The summed E-state index contributed by atoms with van der Waals surface area (Å²) in [6.07, 6.45) is 0. The molecule has 1 aromatic carbocycles. The first-order valence-electron chi connectivity index (χ1n) is 7.56. The van der Waals surface area contributed by atoms with Gasteiger partial charge in [-0.2, -0.15) is 0 Å². The Morgan fingerprint density at radius 2 is 1.74 bits per heavy atom. The molecule has 2 saturated heterocycles. The van der Waals surface area contributed by atoms with E-state index in [1.54, 1.807) is 11.3 Å². The molecule has 1 amide bonds. The Hall–Kier alpha value is -1.07. The van der Waals surface area contributed by atoms with Crippen molar-refractivity contribution in [1.29, 1.82) is 0 Å². The molecule has 0 aliphatic carbocycles. The summed E-state index contributed by atoms with van der Waals surface area (Å²) in [5.74, 6) is 1.46. The number of nitrogens with one attached hydrogen (secondary N) is 1. The van der Waals surface area contributed by atoms with E-state index in [0.717, 1.165) is 46.5 Å². The molecule has 0 spiro atoms. The van der Waals surface area contributed by atoms with Gasteiger partial charge in [-0.3, -0.25) is 4.79 Å². The number of rotatable bonds is 2. The topological polar surface area (TPSA) is 32.3 Å². The second-order valence-corrected chi connectivity index (χ2v) is 7.58. The van der Waals surface area contributed by atoms with Gasteiger partial charge in [0, 0.05) is 36.1 Å². The molecule has 6 heteroatoms. The number of carbonyl (C=O) groups is 1. The van der Waals surface area contributed by atoms with E-state index in [1.165, 1.54) is 0 Å². The van der Waals surface area contributed by atoms with E-state index in [-0.39, 0.29) is 18.3 Å². The van der Waals surface area contributed by atoms with Crippen LogP contribution in [0.2, 0.25) is 5.02 Å². The minimum absolute atomic E-state index is 0. The summed E-state index contributed by atoms with van der Waals surface area (Å²) in [6.45, 7) is 3.89. The second-order valence-electron chi connectivity index (χ2n) is 6.06. The van der Waals surface area contributed by atoms with Crippen LogP contribution in [-0.2, 0) is 0 Å². The van der Waals surface area contributed by atoms with Gasteiger partial charge in [-0.1, -0.05) is 23.7 Å². The van der Waals surface area contributed by atoms with E-state index in [2.05, 4.69) is 5.32 Å². The van der Waals surface area contributed by atoms with Crippen molar-refractivity contribution in [3.05, 3.63) is 46.3 Å². The Morgan fingerprint density at radius 1 is 1.09 bits per heavy atom. The maximum Gasteiger partial charge on any atom is 0.263 e. The first-order valence-corrected chi connectivity index (χ1v) is 8.76. The summed E-state index contributed by atoms with van der Waals surface area (Å²) in [4.78, 5) is 16.6. The van der Waals surface area contributed by atoms with Crippen LogP contribution in [0.3, 0.4) is 0 Å². The molecular weight excluding hydrogens is 351 g/mol. The Bertz CT molecular complexity index is 689. The zero-order valence-corrected chi connectivity index (χ0v) is 14.9. The van der Waals surface area contributed by atoms with E-state index < -0.39 is 0 Å². The minimum Gasteiger partial charge on any atom is -0.337 e. The summed E-state index contributed by atoms with van der Waals surface area (Å²) >= 11 is 7.49. The van der Waals surface area contributed by atoms with E-state index >= 15 is 0 Å². The molecule has 2 fully saturated rings. The molecular formula is C17H18Cl2N2OS. The van der Waals surface area contributed by atoms with E-state index in [9.17, 15) is 4.79 Å². The summed E-state index contributed by atoms with van der Waals surface area (Å²) in [5.41, 5.74) is 1.11. The lowest BCUT2D eigenvalue weighted by atomic mass is 10.0. The normalized spacial score (nSPS) is 22.7. The number of thiophene rings is 1. The molecule has 0 saturated carbocycles. The van der Waals surface area contributed by atoms with Crippen LogP contribution in [0, 0.1) is 11.8 Å². The maximum absolute atomic E-state index is 12.7. The number of hydrogen-bond donors (Lipinski definition) is 1. The summed E-state index contributed by atoms with van der Waals surface area (Å²) < 4.78 is 0. The number of amides is 1. The Balaban J connectivity index is 0.00000156. The lowest BCUT2D eigenvalue weighted by Gasteiger charge is -2.16. The van der Waals surface area contributed by atoms with Crippen LogP contribution in [-0.4, -0.2) is 37.0 Å². The van der Waals surface area contributed by atoms with Gasteiger partial charge in [-0.05, 0) is 41.7 Å². The monoisotopic (exact) mass is 368 g/mol. The number of benzene rings is 1. The van der Waals surface area contributed by atoms with Crippen molar-refractivity contribution in [1.82, 2.24) is 10.2 Å². The highest BCUT2D eigenvalue weighted by Gasteiger charge is 2.38. The molecule has 1 aromatic heterocycles. The van der Waals surface area contributed by atoms with Crippen molar-refractivity contribution >= 4 is 41.3 Å². The number of likely N-dealkylation sites (tertiary alicyclic amines) is 1. The number of halogens is 2. The highest BCUT2D eigenvalue weighted by molar-refractivity contribution is 7.17. The van der Waals surface area contributed by atoms with Gasteiger partial charge in [0.2, 0.25) is 0 Å². The highest BCUT2D eigenvalue weighted by Crippen LogP contribution is 2.32. The SMILES string of the molecule is Cl.O=C(c1ccc(-c2ccc(Cl)cc2)s1)N1C[C@H]2CNC[C@H]2C1. The van der Waals surface area contributed by atoms with Crippen molar-refractivity contribution in [3.63, 3.8) is 0 Å². The molecule has 4 rings (SSSR count). The van der Waals surface area contributed by atoms with Crippen LogP contribution in [0.4, 0.5) is 0 Å². The van der Waals surface area contributed by atoms with Crippen molar-refractivity contribution < 1.29 is 4.79 Å². The molecule has 122 valence electrons. The summed E-state index contributed by atoms with van der Waals surface area (Å²) in [6, 6.07) is 11.7. The molecule has 3 heterocycles. The van der Waals surface area contributed by atoms with Crippen molar-refractivity contribution in [2.24, 2.45) is 11.8 Å². The minimum atomic E-state index is 0. The molecule has 2 aliphatic heterocycles. The van der Waals surface area contributed by atoms with E-state index in [1.807, 2.05) is 41.3 Å². The van der Waals surface area contributed by atoms with Gasteiger partial charge >= 0.3 is 0 Å². The first-order chi connectivity index (χ1) is 10.7. The molecule has 2 aromatic rings. The predicted octanol–water partition coefficient (Wildman–Crippen LogP) is 3.78. The van der Waals surface area contributed by atoms with Gasteiger partial charge in [0.15, 0.2) is 0 Å². The van der Waals surface area contributed by atoms with Gasteiger partial charge in [-0.15, -0.1) is 23.7 Å². The van der Waals surface area contributed by atoms with Gasteiger partial charge in [0.25, 0.3) is 5.91 Å². The average Bonchev–Trinajstić information content (AvgIpc) is 3.22. The zero-order valence-electron chi connectivity index (χ0n) is 12.5. The second kappa shape index (κ2) is 6.81. The fourth-order valence-electron chi connectivity index (χ4n) is 3.40. The predicted molar refractivity (Wildman–Crippen MR) is 97.8 cm³/mol. The van der Waals surface area contributed by atoms with Gasteiger partial charge in [0.1, 0.15) is 0 Å². The fraction of sp³-hybridized carbons (Fsp3) is 0.353. The molecule has 2 atom stereocenters. The molecule has 2 aliphatic rings. The summed E-state index contributed by atoms with van der Waals surface area (Å²) in [5, 5.41) is 4.14. The molecule has 0 bridgehead atoms. The third-order valence-electron chi connectivity index (χ3n) is 4.62. The van der Waals surface area contributed by atoms with Crippen molar-refractivity contribution in [3.8, 4) is 10.4 Å². The average molecular weight is 369 g/mol. The Labute approximate surface area is 151 Å². The Morgan fingerprint density at radius 3 is 2.39 bits per heavy atom. The van der Waals surface area contributed by atoms with E-state index in [0.29, 0.717) is 11.8 Å². The maximum atomic E-state index is 12.7. The van der Waals surface area contributed by atoms with Crippen LogP contribution in [0.25, 0.3) is 10.4 Å². The molecule has 3 nitrogen and oxygen atoms in total. The number of hydrogen-bond acceptors (Lipinski definition) is 3. The molecule has 0 unspecified atom stereocenters. The van der Waals surface area contributed by atoms with Crippen LogP contribution in [0.5, 0.6) is 0 Å². The molecule has 0 radical (unpaired) electrons. The Kier molecular flexibility index (Phi) is 4.97. The van der Waals surface area contributed by atoms with Gasteiger partial charge < -0.3 is 10.2 Å².